The van der Waals surface area contributed by atoms with E-state index in [1.807, 2.05) is 0 Å². The highest BCUT2D eigenvalue weighted by molar-refractivity contribution is 7.89. The van der Waals surface area contributed by atoms with Crippen LogP contribution in [0.4, 0.5) is 0 Å². The third-order valence-electron chi connectivity index (χ3n) is 1.73. The number of rotatable bonds is 4. The Morgan fingerprint density at radius 2 is 2.25 bits per heavy atom. The van der Waals surface area contributed by atoms with Crippen molar-refractivity contribution in [3.05, 3.63) is 23.5 Å². The van der Waals surface area contributed by atoms with Gasteiger partial charge in [0.05, 0.1) is 11.6 Å². The van der Waals surface area contributed by atoms with Crippen molar-refractivity contribution in [2.24, 2.45) is 0 Å². The molecule has 1 amide bonds. The number of sulfonamides is 1. The molecule has 0 aromatic carbocycles. The molecule has 0 aliphatic rings. The van der Waals surface area contributed by atoms with Gasteiger partial charge < -0.3 is 5.32 Å². The Kier molecular flexibility index (Phi) is 4.22. The van der Waals surface area contributed by atoms with Crippen molar-refractivity contribution in [1.29, 1.82) is 0 Å². The average molecular weight is 264 g/mol. The molecule has 16 heavy (non-hydrogen) atoms. The highest BCUT2D eigenvalue weighted by Gasteiger charge is 2.18. The monoisotopic (exact) mass is 263 g/mol. The molecule has 1 rings (SSSR count). The van der Waals surface area contributed by atoms with Crippen molar-refractivity contribution < 1.29 is 13.2 Å². The van der Waals surface area contributed by atoms with Crippen molar-refractivity contribution in [3.63, 3.8) is 0 Å². The quantitative estimate of drug-likeness (QED) is 0.785. The highest BCUT2D eigenvalue weighted by Crippen LogP contribution is 2.18. The molecule has 0 unspecified atom stereocenters. The van der Waals surface area contributed by atoms with Crippen LogP contribution in [0, 0.1) is 0 Å². The first-order valence-electron chi connectivity index (χ1n) is 4.27. The molecule has 0 spiro atoms. The van der Waals surface area contributed by atoms with Gasteiger partial charge in [-0.05, 0) is 6.07 Å². The molecular formula is C8H10ClN3O3S. The predicted octanol–water partition coefficient (Wildman–Crippen LogP) is -0.241. The summed E-state index contributed by atoms with van der Waals surface area (Å²) in [7, 11) is -2.39. The summed E-state index contributed by atoms with van der Waals surface area (Å²) in [6, 6.07) is 1.36. The molecule has 0 aliphatic heterocycles. The number of carbonyl (C=O) groups is 1. The van der Waals surface area contributed by atoms with Crippen LogP contribution in [0.15, 0.2) is 23.4 Å². The van der Waals surface area contributed by atoms with Gasteiger partial charge in [0, 0.05) is 19.4 Å². The Balaban J connectivity index is 2.87. The van der Waals surface area contributed by atoms with Gasteiger partial charge in [0.25, 0.3) is 0 Å². The second-order valence-electron chi connectivity index (χ2n) is 2.80. The predicted molar refractivity (Wildman–Crippen MR) is 58.5 cm³/mol. The number of pyridine rings is 1. The Morgan fingerprint density at radius 1 is 1.56 bits per heavy atom. The van der Waals surface area contributed by atoms with E-state index in [1.165, 1.54) is 19.3 Å². The van der Waals surface area contributed by atoms with Gasteiger partial charge in [0.2, 0.25) is 15.9 Å². The van der Waals surface area contributed by atoms with E-state index in [0.717, 1.165) is 6.20 Å². The summed E-state index contributed by atoms with van der Waals surface area (Å²) in [5.41, 5.74) is 0. The first-order chi connectivity index (χ1) is 7.47. The highest BCUT2D eigenvalue weighted by atomic mass is 35.5. The van der Waals surface area contributed by atoms with Gasteiger partial charge in [-0.3, -0.25) is 9.78 Å². The standard InChI is InChI=1S/C8H10ClN3O3S/c1-10-8(13)5-12-16(14,15)7-4-11-3-2-6(7)9/h2-4,12H,5H2,1H3,(H,10,13). The average Bonchev–Trinajstić information content (AvgIpc) is 2.26. The number of amides is 1. The third-order valence-corrected chi connectivity index (χ3v) is 3.60. The number of hydrogen-bond acceptors (Lipinski definition) is 4. The fraction of sp³-hybridized carbons (Fsp3) is 0.250. The molecule has 0 atom stereocenters. The van der Waals surface area contributed by atoms with Crippen LogP contribution in [0.1, 0.15) is 0 Å². The third kappa shape index (κ3) is 3.16. The number of hydrogen-bond donors (Lipinski definition) is 2. The maximum Gasteiger partial charge on any atom is 0.244 e. The largest absolute Gasteiger partial charge is 0.358 e. The lowest BCUT2D eigenvalue weighted by molar-refractivity contribution is -0.119. The lowest BCUT2D eigenvalue weighted by Gasteiger charge is -2.06. The molecule has 0 radical (unpaired) electrons. The molecule has 0 aliphatic carbocycles. The van der Waals surface area contributed by atoms with Crippen LogP contribution in [0.3, 0.4) is 0 Å². The van der Waals surface area contributed by atoms with Crippen LogP contribution in [-0.4, -0.2) is 32.9 Å². The van der Waals surface area contributed by atoms with Crippen molar-refractivity contribution in [3.8, 4) is 0 Å². The number of aromatic nitrogens is 1. The van der Waals surface area contributed by atoms with Gasteiger partial charge in [-0.15, -0.1) is 0 Å². The molecule has 0 bridgehead atoms. The molecule has 6 nitrogen and oxygen atoms in total. The smallest absolute Gasteiger partial charge is 0.244 e. The molecule has 1 heterocycles. The summed E-state index contributed by atoms with van der Waals surface area (Å²) >= 11 is 5.70. The van der Waals surface area contributed by atoms with E-state index in [1.54, 1.807) is 0 Å². The minimum atomic E-state index is -3.80. The normalized spacial score (nSPS) is 11.1. The number of nitrogens with one attached hydrogen (secondary N) is 2. The van der Waals surface area contributed by atoms with Crippen LogP contribution in [-0.2, 0) is 14.8 Å². The minimum Gasteiger partial charge on any atom is -0.358 e. The van der Waals surface area contributed by atoms with Crippen LogP contribution < -0.4 is 10.0 Å². The second kappa shape index (κ2) is 5.24. The van der Waals surface area contributed by atoms with E-state index in [2.05, 4.69) is 15.0 Å². The fourth-order valence-corrected chi connectivity index (χ4v) is 2.30. The first-order valence-corrected chi connectivity index (χ1v) is 6.13. The number of nitrogens with zero attached hydrogens (tertiary/aromatic N) is 1. The second-order valence-corrected chi connectivity index (χ2v) is 4.95. The van der Waals surface area contributed by atoms with Crippen molar-refractivity contribution >= 4 is 27.5 Å². The SMILES string of the molecule is CNC(=O)CNS(=O)(=O)c1cnccc1Cl. The van der Waals surface area contributed by atoms with Gasteiger partial charge >= 0.3 is 0 Å². The number of halogens is 1. The van der Waals surface area contributed by atoms with Crippen LogP contribution in [0.25, 0.3) is 0 Å². The van der Waals surface area contributed by atoms with E-state index in [9.17, 15) is 13.2 Å². The Morgan fingerprint density at radius 3 is 2.81 bits per heavy atom. The summed E-state index contributed by atoms with van der Waals surface area (Å²) < 4.78 is 25.4. The summed E-state index contributed by atoms with van der Waals surface area (Å²) in [6.45, 7) is -0.343. The van der Waals surface area contributed by atoms with E-state index in [-0.39, 0.29) is 16.5 Å². The Labute approximate surface area is 98.1 Å². The topological polar surface area (TPSA) is 88.2 Å². The van der Waals surface area contributed by atoms with E-state index in [0.29, 0.717) is 0 Å². The van der Waals surface area contributed by atoms with Gasteiger partial charge in [-0.1, -0.05) is 11.6 Å². The van der Waals surface area contributed by atoms with E-state index >= 15 is 0 Å². The zero-order valence-electron chi connectivity index (χ0n) is 8.40. The molecule has 8 heteroatoms. The molecule has 1 aromatic heterocycles. The molecule has 88 valence electrons. The Bertz CT molecular complexity index is 489. The molecule has 1 aromatic rings. The van der Waals surface area contributed by atoms with Crippen LogP contribution in [0.2, 0.25) is 5.02 Å². The summed E-state index contributed by atoms with van der Waals surface area (Å²) in [5, 5.41) is 2.34. The van der Waals surface area contributed by atoms with Gasteiger partial charge in [-0.25, -0.2) is 13.1 Å². The van der Waals surface area contributed by atoms with E-state index in [4.69, 9.17) is 11.6 Å². The summed E-state index contributed by atoms with van der Waals surface area (Å²) in [6.07, 6.45) is 2.49. The molecular weight excluding hydrogens is 254 g/mol. The molecule has 0 fully saturated rings. The lowest BCUT2D eigenvalue weighted by atomic mass is 10.5. The molecule has 0 saturated heterocycles. The van der Waals surface area contributed by atoms with E-state index < -0.39 is 15.9 Å². The van der Waals surface area contributed by atoms with Crippen molar-refractivity contribution in [2.75, 3.05) is 13.6 Å². The minimum absolute atomic E-state index is 0.0550. The molecule has 0 saturated carbocycles. The number of likely N-dealkylation sites (N-methyl/N-ethyl adjacent to an activating group) is 1. The maximum absolute atomic E-state index is 11.7. The van der Waals surface area contributed by atoms with Gasteiger partial charge in [0.15, 0.2) is 0 Å². The zero-order chi connectivity index (χ0) is 12.2. The Hall–Kier alpha value is -1.18. The first kappa shape index (κ1) is 12.9. The summed E-state index contributed by atoms with van der Waals surface area (Å²) in [4.78, 5) is 14.4. The molecule has 2 N–H and O–H groups in total. The van der Waals surface area contributed by atoms with Gasteiger partial charge in [0.1, 0.15) is 4.90 Å². The zero-order valence-corrected chi connectivity index (χ0v) is 9.97. The van der Waals surface area contributed by atoms with Crippen molar-refractivity contribution in [1.82, 2.24) is 15.0 Å². The lowest BCUT2D eigenvalue weighted by Crippen LogP contribution is -2.35. The van der Waals surface area contributed by atoms with Crippen LogP contribution >= 0.6 is 11.6 Å². The van der Waals surface area contributed by atoms with Gasteiger partial charge in [-0.2, -0.15) is 0 Å². The fourth-order valence-electron chi connectivity index (χ4n) is 0.887. The number of carbonyl (C=O) groups excluding carboxylic acids is 1. The summed E-state index contributed by atoms with van der Waals surface area (Å²) in [5.74, 6) is -0.441. The van der Waals surface area contributed by atoms with Crippen LogP contribution in [0.5, 0.6) is 0 Å². The van der Waals surface area contributed by atoms with Crippen molar-refractivity contribution in [2.45, 2.75) is 4.90 Å². The maximum atomic E-state index is 11.7.